The average molecular weight is 243 g/mol. The lowest BCUT2D eigenvalue weighted by Gasteiger charge is -2.09. The lowest BCUT2D eigenvalue weighted by atomic mass is 10.2. The Bertz CT molecular complexity index is 457. The molecule has 2 aromatic carbocycles. The van der Waals surface area contributed by atoms with Crippen LogP contribution in [0.5, 0.6) is 5.75 Å². The van der Waals surface area contributed by atoms with Gasteiger partial charge in [0, 0.05) is 5.69 Å². The molecule has 0 saturated heterocycles. The monoisotopic (exact) mass is 243 g/mol. The minimum Gasteiger partial charge on any atom is -0.473 e. The highest BCUT2D eigenvalue weighted by Gasteiger charge is 1.93. The summed E-state index contributed by atoms with van der Waals surface area (Å²) in [5, 5.41) is 3.19. The van der Waals surface area contributed by atoms with Crippen LogP contribution in [-0.4, -0.2) is 13.5 Å². The average Bonchev–Trinajstić information content (AvgIpc) is 2.42. The number of rotatable bonds is 4. The maximum Gasteiger partial charge on any atom is 0.159 e. The van der Waals surface area contributed by atoms with Crippen molar-refractivity contribution in [2.45, 2.75) is 6.92 Å². The topological polar surface area (TPSA) is 38.3 Å². The molecule has 0 spiro atoms. The maximum atomic E-state index is 8.00. The summed E-state index contributed by atoms with van der Waals surface area (Å²) < 4.78 is 5.58. The summed E-state index contributed by atoms with van der Waals surface area (Å²) in [6.07, 6.45) is 0. The lowest BCUT2D eigenvalue weighted by Crippen LogP contribution is -2.08. The van der Waals surface area contributed by atoms with Crippen LogP contribution in [0.4, 0.5) is 5.69 Å². The largest absolute Gasteiger partial charge is 0.473 e. The van der Waals surface area contributed by atoms with Gasteiger partial charge in [0.15, 0.2) is 6.73 Å². The molecule has 94 valence electrons. The van der Waals surface area contributed by atoms with Gasteiger partial charge in [0.1, 0.15) is 12.5 Å². The van der Waals surface area contributed by atoms with E-state index in [1.54, 1.807) is 0 Å². The van der Waals surface area contributed by atoms with E-state index in [9.17, 15) is 0 Å². The second-order valence-electron chi connectivity index (χ2n) is 3.65. The van der Waals surface area contributed by atoms with Gasteiger partial charge in [-0.15, -0.1) is 0 Å². The summed E-state index contributed by atoms with van der Waals surface area (Å²) in [5.41, 5.74) is 2.27. The van der Waals surface area contributed by atoms with E-state index in [0.717, 1.165) is 11.4 Å². The number of carbonyl (C=O) groups excluding carboxylic acids is 1. The highest BCUT2D eigenvalue weighted by molar-refractivity contribution is 5.42. The Balaban J connectivity index is 0.000000771. The first kappa shape index (κ1) is 13.8. The summed E-state index contributed by atoms with van der Waals surface area (Å²) in [7, 11) is 0. The molecule has 2 aromatic rings. The molecule has 2 rings (SSSR count). The fraction of sp³-hybridized carbons (Fsp3) is 0.133. The summed E-state index contributed by atoms with van der Waals surface area (Å²) in [5.74, 6) is 0.892. The number of hydrogen-bond donors (Lipinski definition) is 1. The number of ether oxygens (including phenoxy) is 1. The van der Waals surface area contributed by atoms with E-state index in [4.69, 9.17) is 9.53 Å². The van der Waals surface area contributed by atoms with Crippen molar-refractivity contribution < 1.29 is 9.53 Å². The standard InChI is InChI=1S/C14H15NO.CH2O/c1-12-6-5-9-14(10-12)16-11-15-13-7-3-2-4-8-13;1-2/h2-10,15H,11H2,1H3;1H2. The molecule has 3 heteroatoms. The molecular weight excluding hydrogens is 226 g/mol. The van der Waals surface area contributed by atoms with Gasteiger partial charge in [0.2, 0.25) is 0 Å². The lowest BCUT2D eigenvalue weighted by molar-refractivity contribution is -0.0979. The normalized spacial score (nSPS) is 8.94. The molecule has 0 radical (unpaired) electrons. The molecule has 0 amide bonds. The van der Waals surface area contributed by atoms with Crippen LogP contribution in [0.3, 0.4) is 0 Å². The zero-order chi connectivity index (χ0) is 13.2. The van der Waals surface area contributed by atoms with E-state index in [2.05, 4.69) is 18.3 Å². The van der Waals surface area contributed by atoms with Crippen molar-refractivity contribution in [2.24, 2.45) is 0 Å². The Morgan fingerprint density at radius 1 is 1.06 bits per heavy atom. The van der Waals surface area contributed by atoms with Gasteiger partial charge in [0.05, 0.1) is 0 Å². The van der Waals surface area contributed by atoms with Crippen molar-refractivity contribution in [3.63, 3.8) is 0 Å². The molecular formula is C15H17NO2. The van der Waals surface area contributed by atoms with Crippen LogP contribution in [0.2, 0.25) is 0 Å². The molecule has 0 bridgehead atoms. The van der Waals surface area contributed by atoms with Gasteiger partial charge in [0.25, 0.3) is 0 Å². The van der Waals surface area contributed by atoms with Gasteiger partial charge in [-0.3, -0.25) is 0 Å². The SMILES string of the molecule is C=O.Cc1cccc(OCNc2ccccc2)c1. The number of anilines is 1. The molecule has 0 atom stereocenters. The van der Waals surface area contributed by atoms with Gasteiger partial charge in [-0.25, -0.2) is 0 Å². The van der Waals surface area contributed by atoms with E-state index in [-0.39, 0.29) is 0 Å². The van der Waals surface area contributed by atoms with Crippen molar-refractivity contribution in [3.8, 4) is 5.75 Å². The van der Waals surface area contributed by atoms with E-state index in [1.807, 2.05) is 55.3 Å². The van der Waals surface area contributed by atoms with Gasteiger partial charge in [-0.05, 0) is 36.8 Å². The molecule has 0 unspecified atom stereocenters. The van der Waals surface area contributed by atoms with Crippen LogP contribution in [-0.2, 0) is 4.79 Å². The minimum absolute atomic E-state index is 0.480. The van der Waals surface area contributed by atoms with Crippen LogP contribution in [0.25, 0.3) is 0 Å². The predicted molar refractivity (Wildman–Crippen MR) is 73.9 cm³/mol. The second-order valence-corrected chi connectivity index (χ2v) is 3.65. The molecule has 0 aliphatic rings. The third-order valence-corrected chi connectivity index (χ3v) is 2.28. The minimum atomic E-state index is 0.480. The summed E-state index contributed by atoms with van der Waals surface area (Å²) >= 11 is 0. The quantitative estimate of drug-likeness (QED) is 0.838. The van der Waals surface area contributed by atoms with Crippen LogP contribution in [0, 0.1) is 6.92 Å². The summed E-state index contributed by atoms with van der Waals surface area (Å²) in [6, 6.07) is 18.0. The molecule has 0 aromatic heterocycles. The Morgan fingerprint density at radius 2 is 1.78 bits per heavy atom. The summed E-state index contributed by atoms with van der Waals surface area (Å²) in [6.45, 7) is 4.53. The number of aryl methyl sites for hydroxylation is 1. The number of nitrogens with one attached hydrogen (secondary N) is 1. The Labute approximate surface area is 107 Å². The first-order valence-corrected chi connectivity index (χ1v) is 5.62. The fourth-order valence-corrected chi connectivity index (χ4v) is 1.46. The Morgan fingerprint density at radius 3 is 2.44 bits per heavy atom. The Hall–Kier alpha value is -2.29. The maximum absolute atomic E-state index is 8.00. The molecule has 18 heavy (non-hydrogen) atoms. The number of hydrogen-bond acceptors (Lipinski definition) is 3. The predicted octanol–water partition coefficient (Wildman–Crippen LogP) is 3.26. The Kier molecular flexibility index (Phi) is 6.04. The van der Waals surface area contributed by atoms with Gasteiger partial charge < -0.3 is 14.8 Å². The van der Waals surface area contributed by atoms with Gasteiger partial charge in [-0.1, -0.05) is 30.3 Å². The smallest absolute Gasteiger partial charge is 0.159 e. The van der Waals surface area contributed by atoms with Crippen molar-refractivity contribution >= 4 is 12.5 Å². The second kappa shape index (κ2) is 7.90. The van der Waals surface area contributed by atoms with Crippen LogP contribution in [0.15, 0.2) is 54.6 Å². The van der Waals surface area contributed by atoms with Crippen LogP contribution in [0.1, 0.15) is 5.56 Å². The molecule has 1 N–H and O–H groups in total. The van der Waals surface area contributed by atoms with Crippen molar-refractivity contribution in [1.82, 2.24) is 0 Å². The summed E-state index contributed by atoms with van der Waals surface area (Å²) in [4.78, 5) is 8.00. The molecule has 0 aliphatic heterocycles. The third kappa shape index (κ3) is 4.70. The van der Waals surface area contributed by atoms with E-state index >= 15 is 0 Å². The first-order valence-electron chi connectivity index (χ1n) is 5.62. The molecule has 0 saturated carbocycles. The van der Waals surface area contributed by atoms with Crippen LogP contribution >= 0.6 is 0 Å². The number of benzene rings is 2. The van der Waals surface area contributed by atoms with E-state index < -0.39 is 0 Å². The number of carbonyl (C=O) groups is 1. The van der Waals surface area contributed by atoms with Crippen molar-refractivity contribution in [1.29, 1.82) is 0 Å². The number of para-hydroxylation sites is 1. The highest BCUT2D eigenvalue weighted by atomic mass is 16.5. The zero-order valence-electron chi connectivity index (χ0n) is 10.4. The van der Waals surface area contributed by atoms with Crippen LogP contribution < -0.4 is 10.1 Å². The van der Waals surface area contributed by atoms with Gasteiger partial charge >= 0.3 is 0 Å². The third-order valence-electron chi connectivity index (χ3n) is 2.28. The fourth-order valence-electron chi connectivity index (χ4n) is 1.46. The molecule has 0 heterocycles. The molecule has 3 nitrogen and oxygen atoms in total. The van der Waals surface area contributed by atoms with E-state index in [0.29, 0.717) is 6.73 Å². The van der Waals surface area contributed by atoms with E-state index in [1.165, 1.54) is 5.56 Å². The molecule has 0 fully saturated rings. The van der Waals surface area contributed by atoms with Crippen molar-refractivity contribution in [3.05, 3.63) is 60.2 Å². The van der Waals surface area contributed by atoms with Crippen molar-refractivity contribution in [2.75, 3.05) is 12.0 Å². The highest BCUT2D eigenvalue weighted by Crippen LogP contribution is 2.12. The molecule has 0 aliphatic carbocycles. The zero-order valence-corrected chi connectivity index (χ0v) is 10.4. The first-order chi connectivity index (χ1) is 8.84. The van der Waals surface area contributed by atoms with Gasteiger partial charge in [-0.2, -0.15) is 0 Å².